The molecule has 3 rings (SSSR count). The first-order valence-electron chi connectivity index (χ1n) is 7.30. The van der Waals surface area contributed by atoms with E-state index >= 15 is 0 Å². The molecule has 0 atom stereocenters. The maximum atomic E-state index is 12.5. The Kier molecular flexibility index (Phi) is 4.19. The van der Waals surface area contributed by atoms with Crippen molar-refractivity contribution in [2.24, 2.45) is 7.05 Å². The summed E-state index contributed by atoms with van der Waals surface area (Å²) in [6.07, 6.45) is 4.80. The van der Waals surface area contributed by atoms with Crippen molar-refractivity contribution in [3.8, 4) is 0 Å². The molecule has 3 heterocycles. The van der Waals surface area contributed by atoms with Crippen LogP contribution < -0.4 is 0 Å². The summed E-state index contributed by atoms with van der Waals surface area (Å²) in [6.45, 7) is 3.57. The maximum Gasteiger partial charge on any atom is 0.257 e. The number of rotatable bonds is 4. The first-order valence-corrected chi connectivity index (χ1v) is 7.30. The summed E-state index contributed by atoms with van der Waals surface area (Å²) >= 11 is 0. The second-order valence-electron chi connectivity index (χ2n) is 5.45. The number of amides is 1. The van der Waals surface area contributed by atoms with E-state index in [9.17, 15) is 4.79 Å². The molecule has 0 radical (unpaired) electrons. The number of aryl methyl sites for hydroxylation is 2. The van der Waals surface area contributed by atoms with E-state index in [4.69, 9.17) is 4.74 Å². The molecule has 0 spiro atoms. The third-order valence-corrected chi connectivity index (χ3v) is 3.83. The Balaban J connectivity index is 1.51. The number of carbonyl (C=O) groups excluding carboxylic acids is 1. The largest absolute Gasteiger partial charge is 0.370 e. The Morgan fingerprint density at radius 2 is 2.23 bits per heavy atom. The highest BCUT2D eigenvalue weighted by Gasteiger charge is 2.26. The van der Waals surface area contributed by atoms with Gasteiger partial charge in [0.15, 0.2) is 5.82 Å². The number of piperidine rings is 1. The third kappa shape index (κ3) is 3.16. The van der Waals surface area contributed by atoms with Gasteiger partial charge in [0.05, 0.1) is 17.4 Å². The Morgan fingerprint density at radius 3 is 2.82 bits per heavy atom. The SMILES string of the molecule is Cc1nn(C)cc1C(=O)N1CCC(OCc2ncon2)CC1. The maximum absolute atomic E-state index is 12.5. The van der Waals surface area contributed by atoms with Gasteiger partial charge in [-0.15, -0.1) is 0 Å². The fourth-order valence-electron chi connectivity index (χ4n) is 2.65. The average molecular weight is 305 g/mol. The van der Waals surface area contributed by atoms with Gasteiger partial charge in [-0.1, -0.05) is 5.16 Å². The number of likely N-dealkylation sites (tertiary alicyclic amines) is 1. The summed E-state index contributed by atoms with van der Waals surface area (Å²) in [6, 6.07) is 0. The molecule has 2 aromatic heterocycles. The van der Waals surface area contributed by atoms with Crippen LogP contribution in [-0.4, -0.2) is 49.9 Å². The summed E-state index contributed by atoms with van der Waals surface area (Å²) in [5.74, 6) is 0.590. The zero-order valence-corrected chi connectivity index (χ0v) is 12.7. The normalized spacial score (nSPS) is 16.2. The molecule has 0 N–H and O–H groups in total. The van der Waals surface area contributed by atoms with Crippen molar-refractivity contribution in [1.82, 2.24) is 24.8 Å². The minimum absolute atomic E-state index is 0.0437. The van der Waals surface area contributed by atoms with Crippen LogP contribution in [0, 0.1) is 6.92 Å². The lowest BCUT2D eigenvalue weighted by atomic mass is 10.1. The second-order valence-corrected chi connectivity index (χ2v) is 5.45. The number of nitrogens with zero attached hydrogens (tertiary/aromatic N) is 5. The summed E-state index contributed by atoms with van der Waals surface area (Å²) < 4.78 is 12.1. The third-order valence-electron chi connectivity index (χ3n) is 3.83. The zero-order chi connectivity index (χ0) is 15.5. The number of carbonyl (C=O) groups is 1. The van der Waals surface area contributed by atoms with Crippen LogP contribution in [0.15, 0.2) is 17.1 Å². The van der Waals surface area contributed by atoms with Crippen molar-refractivity contribution in [3.63, 3.8) is 0 Å². The monoisotopic (exact) mass is 305 g/mol. The van der Waals surface area contributed by atoms with Crippen molar-refractivity contribution < 1.29 is 14.1 Å². The molecule has 1 aliphatic rings. The van der Waals surface area contributed by atoms with Crippen LogP contribution in [0.1, 0.15) is 34.7 Å². The summed E-state index contributed by atoms with van der Waals surface area (Å²) in [7, 11) is 1.82. The van der Waals surface area contributed by atoms with E-state index in [-0.39, 0.29) is 12.0 Å². The molecule has 0 aliphatic carbocycles. The van der Waals surface area contributed by atoms with Crippen LogP contribution in [0.3, 0.4) is 0 Å². The molecule has 0 aromatic carbocycles. The van der Waals surface area contributed by atoms with E-state index in [2.05, 4.69) is 19.8 Å². The van der Waals surface area contributed by atoms with Gasteiger partial charge in [-0.2, -0.15) is 10.1 Å². The molecular weight excluding hydrogens is 286 g/mol. The van der Waals surface area contributed by atoms with E-state index in [0.29, 0.717) is 31.1 Å². The molecule has 22 heavy (non-hydrogen) atoms. The average Bonchev–Trinajstić information content (AvgIpc) is 3.14. The molecule has 0 saturated carbocycles. The van der Waals surface area contributed by atoms with E-state index in [1.807, 2.05) is 18.9 Å². The molecule has 118 valence electrons. The number of hydrogen-bond acceptors (Lipinski definition) is 6. The standard InChI is InChI=1S/C14H19N5O3/c1-10-12(7-18(2)16-10)14(20)19-5-3-11(4-6-19)21-8-13-15-9-22-17-13/h7,9,11H,3-6,8H2,1-2H3. The molecule has 8 nitrogen and oxygen atoms in total. The van der Waals surface area contributed by atoms with Crippen LogP contribution in [0.2, 0.25) is 0 Å². The van der Waals surface area contributed by atoms with Gasteiger partial charge in [0, 0.05) is 26.3 Å². The Bertz CT molecular complexity index is 629. The highest BCUT2D eigenvalue weighted by Crippen LogP contribution is 2.18. The van der Waals surface area contributed by atoms with E-state index in [1.165, 1.54) is 6.39 Å². The lowest BCUT2D eigenvalue weighted by molar-refractivity contribution is -0.00351. The van der Waals surface area contributed by atoms with Gasteiger partial charge in [0.2, 0.25) is 6.39 Å². The second kappa shape index (κ2) is 6.27. The molecule has 1 amide bonds. The summed E-state index contributed by atoms with van der Waals surface area (Å²) in [4.78, 5) is 18.3. The van der Waals surface area contributed by atoms with Gasteiger partial charge in [-0.05, 0) is 19.8 Å². The van der Waals surface area contributed by atoms with Gasteiger partial charge in [0.1, 0.15) is 6.61 Å². The fourth-order valence-corrected chi connectivity index (χ4v) is 2.65. The first kappa shape index (κ1) is 14.7. The molecule has 1 saturated heterocycles. The van der Waals surface area contributed by atoms with Crippen molar-refractivity contribution in [2.75, 3.05) is 13.1 Å². The minimum atomic E-state index is 0.0437. The summed E-state index contributed by atoms with van der Waals surface area (Å²) in [5, 5.41) is 7.93. The van der Waals surface area contributed by atoms with Crippen LogP contribution in [0.5, 0.6) is 0 Å². The van der Waals surface area contributed by atoms with Crippen molar-refractivity contribution in [3.05, 3.63) is 29.7 Å². The van der Waals surface area contributed by atoms with Crippen LogP contribution in [0.4, 0.5) is 0 Å². The van der Waals surface area contributed by atoms with Gasteiger partial charge in [-0.25, -0.2) is 0 Å². The molecule has 0 unspecified atom stereocenters. The fraction of sp³-hybridized carbons (Fsp3) is 0.571. The molecule has 2 aromatic rings. The van der Waals surface area contributed by atoms with Crippen LogP contribution in [0.25, 0.3) is 0 Å². The minimum Gasteiger partial charge on any atom is -0.370 e. The van der Waals surface area contributed by atoms with Gasteiger partial charge < -0.3 is 14.2 Å². The lowest BCUT2D eigenvalue weighted by Crippen LogP contribution is -2.41. The molecular formula is C14H19N5O3. The van der Waals surface area contributed by atoms with Gasteiger partial charge >= 0.3 is 0 Å². The summed E-state index contributed by atoms with van der Waals surface area (Å²) in [5.41, 5.74) is 1.44. The number of hydrogen-bond donors (Lipinski definition) is 0. The van der Waals surface area contributed by atoms with E-state index < -0.39 is 0 Å². The molecule has 0 bridgehead atoms. The van der Waals surface area contributed by atoms with Crippen molar-refractivity contribution in [2.45, 2.75) is 32.5 Å². The lowest BCUT2D eigenvalue weighted by Gasteiger charge is -2.31. The first-order chi connectivity index (χ1) is 10.6. The number of aromatic nitrogens is 4. The van der Waals surface area contributed by atoms with Gasteiger partial charge in [-0.3, -0.25) is 9.48 Å². The highest BCUT2D eigenvalue weighted by atomic mass is 16.5. The van der Waals surface area contributed by atoms with E-state index in [0.717, 1.165) is 18.5 Å². The van der Waals surface area contributed by atoms with Crippen LogP contribution in [-0.2, 0) is 18.4 Å². The predicted octanol–water partition coefficient (Wildman–Crippen LogP) is 0.933. The molecule has 1 fully saturated rings. The Morgan fingerprint density at radius 1 is 1.45 bits per heavy atom. The topological polar surface area (TPSA) is 86.3 Å². The highest BCUT2D eigenvalue weighted by molar-refractivity contribution is 5.95. The molecule has 8 heteroatoms. The van der Waals surface area contributed by atoms with E-state index in [1.54, 1.807) is 10.9 Å². The van der Waals surface area contributed by atoms with Crippen LogP contribution >= 0.6 is 0 Å². The van der Waals surface area contributed by atoms with Gasteiger partial charge in [0.25, 0.3) is 5.91 Å². The number of ether oxygens (including phenoxy) is 1. The predicted molar refractivity (Wildman–Crippen MR) is 76.0 cm³/mol. The quantitative estimate of drug-likeness (QED) is 0.835. The smallest absolute Gasteiger partial charge is 0.257 e. The Labute approximate surface area is 128 Å². The molecule has 1 aliphatic heterocycles. The Hall–Kier alpha value is -2.22. The zero-order valence-electron chi connectivity index (χ0n) is 12.7. The van der Waals surface area contributed by atoms with Crippen molar-refractivity contribution >= 4 is 5.91 Å². The van der Waals surface area contributed by atoms with Crippen molar-refractivity contribution in [1.29, 1.82) is 0 Å².